The average Bonchev–Trinajstić information content (AvgIpc) is 2.91. The van der Waals surface area contributed by atoms with Crippen LogP contribution in [-0.2, 0) is 6.42 Å². The fraction of sp³-hybridized carbons (Fsp3) is 0.200. The van der Waals surface area contributed by atoms with Gasteiger partial charge in [0.05, 0.1) is 0 Å². The molecule has 0 atom stereocenters. The van der Waals surface area contributed by atoms with Gasteiger partial charge in [0.1, 0.15) is 11.6 Å². The first-order valence-electron chi connectivity index (χ1n) is 6.99. The Labute approximate surface area is 130 Å². The van der Waals surface area contributed by atoms with Gasteiger partial charge >= 0.3 is 5.97 Å². The summed E-state index contributed by atoms with van der Waals surface area (Å²) < 4.78 is 14.5. The van der Waals surface area contributed by atoms with Crippen molar-refractivity contribution in [1.29, 1.82) is 0 Å². The molecule has 7 nitrogen and oxygen atoms in total. The quantitative estimate of drug-likeness (QED) is 0.747. The van der Waals surface area contributed by atoms with Crippen LogP contribution in [0.1, 0.15) is 21.9 Å². The van der Waals surface area contributed by atoms with Gasteiger partial charge in [0.15, 0.2) is 0 Å². The third-order valence-corrected chi connectivity index (χ3v) is 3.24. The van der Waals surface area contributed by atoms with Crippen LogP contribution in [-0.4, -0.2) is 37.2 Å². The monoisotopic (exact) mass is 315 g/mol. The molecule has 3 rings (SSSR count). The fourth-order valence-electron chi connectivity index (χ4n) is 2.23. The number of carbonyl (C=O) groups is 1. The minimum atomic E-state index is -1.21. The van der Waals surface area contributed by atoms with Gasteiger partial charge in [-0.25, -0.2) is 14.2 Å². The molecule has 0 radical (unpaired) electrons. The van der Waals surface area contributed by atoms with Crippen molar-refractivity contribution in [3.8, 4) is 0 Å². The van der Waals surface area contributed by atoms with Crippen LogP contribution in [0.2, 0.25) is 0 Å². The third kappa shape index (κ3) is 3.25. The number of aromatic carboxylic acids is 1. The highest BCUT2D eigenvalue weighted by Crippen LogP contribution is 2.12. The number of carboxylic acid groups (broad SMARTS) is 1. The topological polar surface area (TPSA) is 92.4 Å². The summed E-state index contributed by atoms with van der Waals surface area (Å²) in [6.07, 6.45) is 0.612. The number of nitrogens with one attached hydrogen (secondary N) is 1. The first kappa shape index (κ1) is 14.9. The van der Waals surface area contributed by atoms with E-state index in [-0.39, 0.29) is 17.4 Å². The number of benzene rings is 1. The predicted octanol–water partition coefficient (Wildman–Crippen LogP) is 1.92. The summed E-state index contributed by atoms with van der Waals surface area (Å²) in [5.74, 6) is -0.985. The van der Waals surface area contributed by atoms with E-state index in [1.165, 1.54) is 16.6 Å². The number of nitrogens with zero attached hydrogens (tertiary/aromatic N) is 4. The summed E-state index contributed by atoms with van der Waals surface area (Å²) in [4.78, 5) is 19.0. The van der Waals surface area contributed by atoms with Crippen molar-refractivity contribution in [1.82, 2.24) is 19.6 Å². The van der Waals surface area contributed by atoms with Gasteiger partial charge in [-0.15, -0.1) is 5.10 Å². The SMILES string of the molecule is Cc1cc(NCCc2cccc(F)c2)n2nc(C(=O)O)nc2n1. The fourth-order valence-corrected chi connectivity index (χ4v) is 2.23. The van der Waals surface area contributed by atoms with Gasteiger partial charge < -0.3 is 10.4 Å². The summed E-state index contributed by atoms with van der Waals surface area (Å²) in [6, 6.07) is 8.13. The van der Waals surface area contributed by atoms with Gasteiger partial charge in [-0.1, -0.05) is 12.1 Å². The minimum absolute atomic E-state index is 0.218. The minimum Gasteiger partial charge on any atom is -0.475 e. The molecule has 2 aromatic heterocycles. The van der Waals surface area contributed by atoms with Crippen molar-refractivity contribution in [2.75, 3.05) is 11.9 Å². The molecule has 0 aliphatic rings. The molecular weight excluding hydrogens is 301 g/mol. The lowest BCUT2D eigenvalue weighted by molar-refractivity contribution is 0.0684. The lowest BCUT2D eigenvalue weighted by atomic mass is 10.1. The summed E-state index contributed by atoms with van der Waals surface area (Å²) in [5.41, 5.74) is 1.56. The zero-order chi connectivity index (χ0) is 16.4. The molecule has 3 aromatic rings. The molecule has 0 aliphatic heterocycles. The van der Waals surface area contributed by atoms with Crippen LogP contribution in [0, 0.1) is 12.7 Å². The van der Waals surface area contributed by atoms with Crippen molar-refractivity contribution >= 4 is 17.6 Å². The lowest BCUT2D eigenvalue weighted by Crippen LogP contribution is -2.10. The van der Waals surface area contributed by atoms with E-state index < -0.39 is 5.97 Å². The van der Waals surface area contributed by atoms with Crippen molar-refractivity contribution in [2.45, 2.75) is 13.3 Å². The number of aromatic nitrogens is 4. The second-order valence-corrected chi connectivity index (χ2v) is 5.04. The number of hydrogen-bond acceptors (Lipinski definition) is 5. The van der Waals surface area contributed by atoms with Crippen LogP contribution in [0.4, 0.5) is 10.2 Å². The molecule has 0 bridgehead atoms. The van der Waals surface area contributed by atoms with Crippen LogP contribution in [0.5, 0.6) is 0 Å². The molecule has 2 N–H and O–H groups in total. The molecular formula is C15H14FN5O2. The number of aryl methyl sites for hydroxylation is 1. The number of carboxylic acids is 1. The summed E-state index contributed by atoms with van der Waals surface area (Å²) in [5, 5.41) is 16.0. The highest BCUT2D eigenvalue weighted by Gasteiger charge is 2.14. The molecule has 0 saturated carbocycles. The maximum Gasteiger partial charge on any atom is 0.375 e. The molecule has 1 aromatic carbocycles. The van der Waals surface area contributed by atoms with Gasteiger partial charge in [-0.2, -0.15) is 9.50 Å². The molecule has 0 unspecified atom stereocenters. The first-order chi connectivity index (χ1) is 11.0. The standard InChI is InChI=1S/C15H14FN5O2/c1-9-7-12(17-6-5-10-3-2-4-11(16)8-10)21-15(18-9)19-13(20-21)14(22)23/h2-4,7-8,17H,5-6H2,1H3,(H,22,23). The number of halogens is 1. The van der Waals surface area contributed by atoms with Crippen molar-refractivity contribution in [2.24, 2.45) is 0 Å². The Balaban J connectivity index is 1.80. The van der Waals surface area contributed by atoms with Crippen LogP contribution in [0.25, 0.3) is 5.78 Å². The van der Waals surface area contributed by atoms with Crippen molar-refractivity contribution < 1.29 is 14.3 Å². The number of rotatable bonds is 5. The van der Waals surface area contributed by atoms with Gasteiger partial charge in [0.25, 0.3) is 11.6 Å². The number of fused-ring (bicyclic) bond motifs is 1. The molecule has 0 fully saturated rings. The smallest absolute Gasteiger partial charge is 0.375 e. The Morgan fingerprint density at radius 3 is 2.91 bits per heavy atom. The molecule has 0 aliphatic carbocycles. The van der Waals surface area contributed by atoms with Gasteiger partial charge in [-0.3, -0.25) is 0 Å². The van der Waals surface area contributed by atoms with Crippen LogP contribution >= 0.6 is 0 Å². The van der Waals surface area contributed by atoms with E-state index in [0.717, 1.165) is 5.56 Å². The Bertz CT molecular complexity index is 877. The molecule has 2 heterocycles. The molecule has 8 heteroatoms. The summed E-state index contributed by atoms with van der Waals surface area (Å²) >= 11 is 0. The van der Waals surface area contributed by atoms with Crippen LogP contribution in [0.15, 0.2) is 30.3 Å². The van der Waals surface area contributed by atoms with Gasteiger partial charge in [0.2, 0.25) is 0 Å². The van der Waals surface area contributed by atoms with Crippen molar-refractivity contribution in [3.63, 3.8) is 0 Å². The van der Waals surface area contributed by atoms with E-state index in [0.29, 0.717) is 24.5 Å². The highest BCUT2D eigenvalue weighted by molar-refractivity contribution is 5.83. The first-order valence-corrected chi connectivity index (χ1v) is 6.99. The second kappa shape index (κ2) is 5.99. The van der Waals surface area contributed by atoms with Gasteiger partial charge in [-0.05, 0) is 31.0 Å². The number of hydrogen-bond donors (Lipinski definition) is 2. The molecule has 118 valence electrons. The highest BCUT2D eigenvalue weighted by atomic mass is 19.1. The lowest BCUT2D eigenvalue weighted by Gasteiger charge is -2.08. The average molecular weight is 315 g/mol. The zero-order valence-electron chi connectivity index (χ0n) is 12.3. The Hall–Kier alpha value is -3.03. The zero-order valence-corrected chi connectivity index (χ0v) is 12.3. The van der Waals surface area contributed by atoms with E-state index in [9.17, 15) is 9.18 Å². The Kier molecular flexibility index (Phi) is 3.88. The second-order valence-electron chi connectivity index (χ2n) is 5.04. The van der Waals surface area contributed by atoms with E-state index in [4.69, 9.17) is 5.11 Å². The van der Waals surface area contributed by atoms with Gasteiger partial charge in [0, 0.05) is 18.3 Å². The summed E-state index contributed by atoms with van der Waals surface area (Å²) in [6.45, 7) is 2.32. The normalized spacial score (nSPS) is 10.9. The van der Waals surface area contributed by atoms with E-state index in [2.05, 4.69) is 20.4 Å². The van der Waals surface area contributed by atoms with E-state index in [1.807, 2.05) is 6.07 Å². The molecule has 0 saturated heterocycles. The predicted molar refractivity (Wildman–Crippen MR) is 81.1 cm³/mol. The molecule has 0 amide bonds. The largest absolute Gasteiger partial charge is 0.475 e. The Morgan fingerprint density at radius 2 is 2.17 bits per heavy atom. The number of anilines is 1. The van der Waals surface area contributed by atoms with E-state index >= 15 is 0 Å². The Morgan fingerprint density at radius 1 is 1.35 bits per heavy atom. The summed E-state index contributed by atoms with van der Waals surface area (Å²) in [7, 11) is 0. The molecule has 23 heavy (non-hydrogen) atoms. The maximum atomic E-state index is 13.2. The van der Waals surface area contributed by atoms with Crippen molar-refractivity contribution in [3.05, 3.63) is 53.2 Å². The van der Waals surface area contributed by atoms with E-state index in [1.54, 1.807) is 19.1 Å². The molecule has 0 spiro atoms. The van der Waals surface area contributed by atoms with Crippen LogP contribution < -0.4 is 5.32 Å². The maximum absolute atomic E-state index is 13.2. The van der Waals surface area contributed by atoms with Crippen LogP contribution in [0.3, 0.4) is 0 Å². The third-order valence-electron chi connectivity index (χ3n) is 3.24.